The monoisotopic (exact) mass is 443 g/mol. The second-order valence-electron chi connectivity index (χ2n) is 7.99. The van der Waals surface area contributed by atoms with E-state index in [1.165, 1.54) is 23.6 Å². The van der Waals surface area contributed by atoms with E-state index < -0.39 is 38.8 Å². The number of halogens is 2. The molecular formula is C18H23F2N5O4S. The number of nitrogens with one attached hydrogen (secondary N) is 1. The summed E-state index contributed by atoms with van der Waals surface area (Å²) in [7, 11) is -4.18. The predicted molar refractivity (Wildman–Crippen MR) is 103 cm³/mol. The summed E-state index contributed by atoms with van der Waals surface area (Å²) in [6, 6.07) is 2.34. The molecule has 4 rings (SSSR count). The molecule has 30 heavy (non-hydrogen) atoms. The van der Waals surface area contributed by atoms with Crippen molar-refractivity contribution < 1.29 is 27.1 Å². The highest BCUT2D eigenvalue weighted by atomic mass is 32.3. The molecule has 2 N–H and O–H groups in total. The molecule has 0 bridgehead atoms. The first-order valence-corrected chi connectivity index (χ1v) is 12.0. The van der Waals surface area contributed by atoms with Crippen molar-refractivity contribution >= 4 is 15.5 Å². The highest BCUT2D eigenvalue weighted by molar-refractivity contribution is 8.13. The fourth-order valence-corrected chi connectivity index (χ4v) is 6.32. The molecule has 0 spiro atoms. The van der Waals surface area contributed by atoms with E-state index in [9.17, 15) is 22.9 Å². The Kier molecular flexibility index (Phi) is 5.00. The van der Waals surface area contributed by atoms with Crippen molar-refractivity contribution in [2.24, 2.45) is 0 Å². The van der Waals surface area contributed by atoms with Crippen LogP contribution in [0, 0.1) is 11.6 Å². The highest BCUT2D eigenvalue weighted by Gasteiger charge is 2.47. The van der Waals surface area contributed by atoms with Crippen LogP contribution in [0.4, 0.5) is 8.78 Å². The molecule has 0 unspecified atom stereocenters. The van der Waals surface area contributed by atoms with E-state index in [1.807, 2.05) is 0 Å². The molecule has 12 heteroatoms. The van der Waals surface area contributed by atoms with Crippen molar-refractivity contribution in [1.29, 1.82) is 0 Å². The molecule has 2 aliphatic rings. The van der Waals surface area contributed by atoms with Gasteiger partial charge < -0.3 is 9.29 Å². The molecule has 2 aromatic rings. The van der Waals surface area contributed by atoms with Crippen molar-refractivity contribution in [1.82, 2.24) is 24.6 Å². The largest absolute Gasteiger partial charge is 0.383 e. The molecule has 2 fully saturated rings. The number of benzene rings is 1. The smallest absolute Gasteiger partial charge is 0.347 e. The average molecular weight is 443 g/mol. The first-order chi connectivity index (χ1) is 14.1. The Labute approximate surface area is 171 Å². The van der Waals surface area contributed by atoms with E-state index >= 15 is 0 Å². The third-order valence-corrected chi connectivity index (χ3v) is 7.93. The number of hydrogen-bond donors (Lipinski definition) is 2. The molecule has 2 atom stereocenters. The number of aromatic nitrogens is 3. The third-order valence-electron chi connectivity index (χ3n) is 5.48. The molecule has 1 aromatic heterocycles. The Balaban J connectivity index is 1.63. The van der Waals surface area contributed by atoms with E-state index in [0.717, 1.165) is 18.6 Å². The van der Waals surface area contributed by atoms with Crippen LogP contribution in [0.3, 0.4) is 0 Å². The summed E-state index contributed by atoms with van der Waals surface area (Å²) in [6.45, 7) is 0.316. The minimum Gasteiger partial charge on any atom is -0.383 e. The topological polar surface area (TPSA) is 110 Å². The molecule has 9 nitrogen and oxygen atoms in total. The first kappa shape index (κ1) is 21.0. The number of fused-ring (bicyclic) bond motifs is 1. The van der Waals surface area contributed by atoms with Crippen molar-refractivity contribution in [2.45, 2.75) is 37.5 Å². The highest BCUT2D eigenvalue weighted by Crippen LogP contribution is 2.37. The Morgan fingerprint density at radius 1 is 1.43 bits per heavy atom. The molecule has 0 amide bonds. The van der Waals surface area contributed by atoms with Crippen molar-refractivity contribution in [3.8, 4) is 0 Å². The van der Waals surface area contributed by atoms with Gasteiger partial charge in [0.25, 0.3) is 0 Å². The van der Waals surface area contributed by atoms with Crippen molar-refractivity contribution in [3.63, 3.8) is 0 Å². The minimum atomic E-state index is -4.18. The number of aliphatic hydroxyl groups is 1. The molecule has 3 heterocycles. The zero-order valence-electron chi connectivity index (χ0n) is 16.3. The van der Waals surface area contributed by atoms with Gasteiger partial charge in [-0.25, -0.2) is 28.3 Å². The van der Waals surface area contributed by atoms with Gasteiger partial charge in [-0.15, -0.1) is 4.83 Å². The van der Waals surface area contributed by atoms with Gasteiger partial charge in [0.1, 0.15) is 35.9 Å². The van der Waals surface area contributed by atoms with Gasteiger partial charge in [0.2, 0.25) is 0 Å². The van der Waals surface area contributed by atoms with Gasteiger partial charge in [0.05, 0.1) is 12.3 Å². The van der Waals surface area contributed by atoms with Crippen LogP contribution >= 0.6 is 0 Å². The Bertz CT molecular complexity index is 1040. The van der Waals surface area contributed by atoms with Gasteiger partial charge in [0, 0.05) is 30.9 Å². The summed E-state index contributed by atoms with van der Waals surface area (Å²) in [5.74, 6) is -2.61. The lowest BCUT2D eigenvalue weighted by atomic mass is 9.90. The van der Waals surface area contributed by atoms with Gasteiger partial charge in [-0.2, -0.15) is 9.31 Å². The predicted octanol–water partition coefficient (Wildman–Crippen LogP) is 0.640. The normalized spacial score (nSPS) is 26.2. The van der Waals surface area contributed by atoms with Crippen LogP contribution in [0.2, 0.25) is 0 Å². The lowest BCUT2D eigenvalue weighted by Crippen LogP contribution is -2.67. The number of hydrazine groups is 1. The van der Waals surface area contributed by atoms with Crippen molar-refractivity contribution in [2.75, 3.05) is 18.6 Å². The van der Waals surface area contributed by atoms with E-state index in [2.05, 4.69) is 14.9 Å². The summed E-state index contributed by atoms with van der Waals surface area (Å²) in [5.41, 5.74) is -2.10. The van der Waals surface area contributed by atoms with Crippen molar-refractivity contribution in [3.05, 3.63) is 48.1 Å². The standard InChI is InChI=1S/C18H23F2N5O4S/c1-30(28,23-25-7-2-3-16(25)17(26)29-30)8-6-18(27,10-24-12-21-11-22-24)14-5-4-13(19)9-15(14)20/h4-5,9,11-12,16,27H,2-3,6-8,10H2,1H3,(H,23,28)/t16-,18+/m1/s1. The molecule has 1 aromatic carbocycles. The van der Waals surface area contributed by atoms with Gasteiger partial charge >= 0.3 is 5.97 Å². The molecule has 0 aliphatic carbocycles. The van der Waals surface area contributed by atoms with E-state index in [1.54, 1.807) is 5.01 Å². The van der Waals surface area contributed by atoms with Crippen LogP contribution in [-0.4, -0.2) is 59.7 Å². The zero-order chi connectivity index (χ0) is 21.6. The maximum atomic E-state index is 14.5. The van der Waals surface area contributed by atoms with Gasteiger partial charge in [-0.3, -0.25) is 0 Å². The van der Waals surface area contributed by atoms with Gasteiger partial charge in [-0.05, 0) is 18.9 Å². The van der Waals surface area contributed by atoms with Crippen LogP contribution in [0.15, 0.2) is 30.9 Å². The number of carbonyl (C=O) groups excluding carboxylic acids is 1. The average Bonchev–Trinajstić information content (AvgIpc) is 3.31. The van der Waals surface area contributed by atoms with Crippen LogP contribution in [-0.2, 0) is 30.7 Å². The number of rotatable bonds is 6. The van der Waals surface area contributed by atoms with E-state index in [4.69, 9.17) is 4.18 Å². The summed E-state index contributed by atoms with van der Waals surface area (Å²) in [6.07, 6.45) is 4.99. The van der Waals surface area contributed by atoms with Crippen LogP contribution < -0.4 is 4.83 Å². The van der Waals surface area contributed by atoms with Crippen LogP contribution in [0.25, 0.3) is 0 Å². The fraction of sp³-hybridized carbons (Fsp3) is 0.500. The second-order valence-corrected chi connectivity index (χ2v) is 11.6. The molecule has 164 valence electrons. The number of carbonyl (C=O) groups is 1. The summed E-state index contributed by atoms with van der Waals surface area (Å²) >= 11 is 0. The number of hydrogen-bond acceptors (Lipinski definition) is 7. The van der Waals surface area contributed by atoms with E-state index in [0.29, 0.717) is 19.0 Å². The maximum Gasteiger partial charge on any atom is 0.347 e. The Morgan fingerprint density at radius 3 is 2.93 bits per heavy atom. The molecule has 2 aliphatic heterocycles. The fourth-order valence-electron chi connectivity index (χ4n) is 3.95. The SMILES string of the molecule is CS1(=O)(CC[C@](O)(Cn2cncn2)c2ccc(F)cc2F)NN2CCC[C@@H]2C(=O)O1. The first-order valence-electron chi connectivity index (χ1n) is 9.48. The molecule has 0 radical (unpaired) electrons. The summed E-state index contributed by atoms with van der Waals surface area (Å²) < 4.78 is 48.3. The quantitative estimate of drug-likeness (QED) is 0.674. The molecule has 0 saturated carbocycles. The molecular weight excluding hydrogens is 420 g/mol. The number of nitrogens with zero attached hydrogens (tertiary/aromatic N) is 4. The second kappa shape index (κ2) is 7.15. The lowest BCUT2D eigenvalue weighted by Gasteiger charge is -2.52. The maximum absolute atomic E-state index is 14.5. The Hall–Kier alpha value is -2.28. The van der Waals surface area contributed by atoms with Crippen LogP contribution in [0.1, 0.15) is 24.8 Å². The summed E-state index contributed by atoms with van der Waals surface area (Å²) in [4.78, 5) is 19.0. The van der Waals surface area contributed by atoms with Gasteiger partial charge in [-0.1, -0.05) is 15.6 Å². The summed E-state index contributed by atoms with van der Waals surface area (Å²) in [5, 5.41) is 16.9. The lowest BCUT2D eigenvalue weighted by molar-refractivity contribution is -0.142. The Morgan fingerprint density at radius 2 is 2.23 bits per heavy atom. The molecule has 2 saturated heterocycles. The van der Waals surface area contributed by atoms with Gasteiger partial charge in [0.15, 0.2) is 0 Å². The van der Waals surface area contributed by atoms with Crippen LogP contribution in [0.5, 0.6) is 0 Å². The zero-order valence-corrected chi connectivity index (χ0v) is 17.1. The van der Waals surface area contributed by atoms with E-state index in [-0.39, 0.29) is 24.3 Å². The minimum absolute atomic E-state index is 0.184. The third kappa shape index (κ3) is 4.00.